The summed E-state index contributed by atoms with van der Waals surface area (Å²) in [6.45, 7) is 9.64. The summed E-state index contributed by atoms with van der Waals surface area (Å²) in [5.41, 5.74) is 3.71. The lowest BCUT2D eigenvalue weighted by Crippen LogP contribution is -2.24. The van der Waals surface area contributed by atoms with Crippen LogP contribution in [0.4, 0.5) is 5.69 Å². The fourth-order valence-corrected chi connectivity index (χ4v) is 3.06. The zero-order valence-electron chi connectivity index (χ0n) is 12.6. The Kier molecular flexibility index (Phi) is 4.86. The summed E-state index contributed by atoms with van der Waals surface area (Å²) in [5.74, 6) is -0.0751. The molecule has 2 aromatic rings. The molecule has 3 heteroatoms. The van der Waals surface area contributed by atoms with Crippen molar-refractivity contribution in [3.8, 4) is 0 Å². The summed E-state index contributed by atoms with van der Waals surface area (Å²) >= 11 is 1.45. The molecule has 0 aliphatic heterocycles. The summed E-state index contributed by atoms with van der Waals surface area (Å²) in [6.07, 6.45) is 0. The highest BCUT2D eigenvalue weighted by Gasteiger charge is 2.19. The van der Waals surface area contributed by atoms with Crippen LogP contribution in [-0.2, 0) is 4.79 Å². The molecular formula is C18H19NOS. The third kappa shape index (κ3) is 3.56. The van der Waals surface area contributed by atoms with Crippen LogP contribution in [0.15, 0.2) is 65.6 Å². The Bertz CT molecular complexity index is 644. The van der Waals surface area contributed by atoms with Crippen molar-refractivity contribution in [1.82, 2.24) is 0 Å². The highest BCUT2D eigenvalue weighted by Crippen LogP contribution is 2.34. The van der Waals surface area contributed by atoms with E-state index in [9.17, 15) is 4.79 Å². The van der Waals surface area contributed by atoms with E-state index >= 15 is 0 Å². The summed E-state index contributed by atoms with van der Waals surface area (Å²) in [5, 5.41) is 0. The number of hydrogen-bond acceptors (Lipinski definition) is 2. The molecule has 0 spiro atoms. The van der Waals surface area contributed by atoms with Crippen LogP contribution in [0.5, 0.6) is 0 Å². The first-order chi connectivity index (χ1) is 10.0. The van der Waals surface area contributed by atoms with Crippen molar-refractivity contribution < 1.29 is 4.79 Å². The average molecular weight is 297 g/mol. The number of amides is 1. The van der Waals surface area contributed by atoms with Crippen LogP contribution in [0.1, 0.15) is 18.1 Å². The van der Waals surface area contributed by atoms with E-state index in [0.717, 1.165) is 21.7 Å². The summed E-state index contributed by atoms with van der Waals surface area (Å²) in [7, 11) is 0. The van der Waals surface area contributed by atoms with Crippen LogP contribution in [0, 0.1) is 13.8 Å². The highest BCUT2D eigenvalue weighted by atomic mass is 32.2. The molecule has 0 aromatic heterocycles. The maximum absolute atomic E-state index is 12.5. The minimum absolute atomic E-state index is 0.0751. The van der Waals surface area contributed by atoms with E-state index in [4.69, 9.17) is 0 Å². The molecule has 1 amide bonds. The standard InChI is InChI=1S/C18H19NOS/c1-13(2)18(20)19(16-11-6-5-7-12-16)21-17-14(3)9-8-10-15(17)4/h5-12H,1H2,2-4H3. The third-order valence-corrected chi connectivity index (χ3v) is 4.52. The van der Waals surface area contributed by atoms with Crippen LogP contribution in [0.3, 0.4) is 0 Å². The molecule has 0 radical (unpaired) electrons. The minimum Gasteiger partial charge on any atom is -0.268 e. The van der Waals surface area contributed by atoms with E-state index in [2.05, 4.69) is 32.6 Å². The number of anilines is 1. The second kappa shape index (κ2) is 6.64. The van der Waals surface area contributed by atoms with Crippen LogP contribution < -0.4 is 4.31 Å². The smallest absolute Gasteiger partial charge is 0.263 e. The Hall–Kier alpha value is -2.00. The molecule has 0 saturated carbocycles. The Labute approximate surface area is 130 Å². The van der Waals surface area contributed by atoms with Gasteiger partial charge >= 0.3 is 0 Å². The van der Waals surface area contributed by atoms with Gasteiger partial charge in [-0.25, -0.2) is 4.31 Å². The van der Waals surface area contributed by atoms with Gasteiger partial charge in [-0.3, -0.25) is 4.79 Å². The van der Waals surface area contributed by atoms with E-state index in [-0.39, 0.29) is 5.91 Å². The van der Waals surface area contributed by atoms with E-state index in [1.807, 2.05) is 36.4 Å². The van der Waals surface area contributed by atoms with Gasteiger partial charge in [0, 0.05) is 10.5 Å². The number of nitrogens with zero attached hydrogens (tertiary/aromatic N) is 1. The van der Waals surface area contributed by atoms with Gasteiger partial charge in [-0.05, 0) is 56.0 Å². The van der Waals surface area contributed by atoms with Gasteiger partial charge in [-0.2, -0.15) is 0 Å². The van der Waals surface area contributed by atoms with Crippen molar-refractivity contribution in [3.63, 3.8) is 0 Å². The van der Waals surface area contributed by atoms with Gasteiger partial charge in [0.1, 0.15) is 0 Å². The Balaban J connectivity index is 2.42. The third-order valence-electron chi connectivity index (χ3n) is 3.13. The number of rotatable bonds is 4. The second-order valence-corrected chi connectivity index (χ2v) is 5.98. The number of carbonyl (C=O) groups is 1. The van der Waals surface area contributed by atoms with Gasteiger partial charge in [0.15, 0.2) is 0 Å². The lowest BCUT2D eigenvalue weighted by atomic mass is 10.2. The first-order valence-electron chi connectivity index (χ1n) is 6.80. The molecule has 2 rings (SSSR count). The largest absolute Gasteiger partial charge is 0.268 e. The van der Waals surface area contributed by atoms with Crippen LogP contribution in [0.25, 0.3) is 0 Å². The molecule has 0 fully saturated rings. The van der Waals surface area contributed by atoms with Crippen molar-refractivity contribution in [3.05, 3.63) is 71.8 Å². The first-order valence-corrected chi connectivity index (χ1v) is 7.57. The van der Waals surface area contributed by atoms with Crippen molar-refractivity contribution in [1.29, 1.82) is 0 Å². The molecular weight excluding hydrogens is 278 g/mol. The first kappa shape index (κ1) is 15.4. The van der Waals surface area contributed by atoms with E-state index in [0.29, 0.717) is 5.57 Å². The van der Waals surface area contributed by atoms with Gasteiger partial charge in [0.05, 0.1) is 5.69 Å². The normalized spacial score (nSPS) is 10.2. The monoisotopic (exact) mass is 297 g/mol. The van der Waals surface area contributed by atoms with Crippen LogP contribution in [-0.4, -0.2) is 5.91 Å². The quantitative estimate of drug-likeness (QED) is 0.589. The lowest BCUT2D eigenvalue weighted by Gasteiger charge is -2.23. The molecule has 2 aromatic carbocycles. The maximum atomic E-state index is 12.5. The number of hydrogen-bond donors (Lipinski definition) is 0. The number of carbonyl (C=O) groups excluding carboxylic acids is 1. The molecule has 0 N–H and O–H groups in total. The molecule has 108 valence electrons. The molecule has 2 nitrogen and oxygen atoms in total. The van der Waals surface area contributed by atoms with Crippen molar-refractivity contribution in [2.24, 2.45) is 0 Å². The fraction of sp³-hybridized carbons (Fsp3) is 0.167. The van der Waals surface area contributed by atoms with Crippen molar-refractivity contribution in [2.45, 2.75) is 25.7 Å². The van der Waals surface area contributed by atoms with E-state index in [1.165, 1.54) is 11.9 Å². The summed E-state index contributed by atoms with van der Waals surface area (Å²) in [4.78, 5) is 13.6. The molecule has 0 aliphatic rings. The zero-order valence-corrected chi connectivity index (χ0v) is 13.4. The van der Waals surface area contributed by atoms with Gasteiger partial charge in [0.25, 0.3) is 5.91 Å². The Morgan fingerprint density at radius 1 is 1.00 bits per heavy atom. The zero-order chi connectivity index (χ0) is 15.4. The summed E-state index contributed by atoms with van der Waals surface area (Å²) in [6, 6.07) is 15.8. The lowest BCUT2D eigenvalue weighted by molar-refractivity contribution is -0.113. The average Bonchev–Trinajstić information content (AvgIpc) is 2.47. The number of para-hydroxylation sites is 1. The molecule has 21 heavy (non-hydrogen) atoms. The highest BCUT2D eigenvalue weighted by molar-refractivity contribution is 8.01. The minimum atomic E-state index is -0.0751. The van der Waals surface area contributed by atoms with Gasteiger partial charge in [-0.15, -0.1) is 0 Å². The molecule has 0 heterocycles. The Morgan fingerprint density at radius 3 is 2.10 bits per heavy atom. The van der Waals surface area contributed by atoms with Gasteiger partial charge in [0.2, 0.25) is 0 Å². The predicted molar refractivity (Wildman–Crippen MR) is 90.5 cm³/mol. The summed E-state index contributed by atoms with van der Waals surface area (Å²) < 4.78 is 1.71. The molecule has 0 unspecified atom stereocenters. The van der Waals surface area contributed by atoms with Gasteiger partial charge in [-0.1, -0.05) is 43.0 Å². The van der Waals surface area contributed by atoms with Crippen LogP contribution >= 0.6 is 11.9 Å². The predicted octanol–water partition coefficient (Wildman–Crippen LogP) is 4.92. The Morgan fingerprint density at radius 2 is 1.57 bits per heavy atom. The molecule has 0 atom stereocenters. The van der Waals surface area contributed by atoms with Crippen molar-refractivity contribution in [2.75, 3.05) is 4.31 Å². The number of benzene rings is 2. The number of aryl methyl sites for hydroxylation is 2. The topological polar surface area (TPSA) is 20.3 Å². The fourth-order valence-electron chi connectivity index (χ4n) is 1.98. The van der Waals surface area contributed by atoms with Crippen molar-refractivity contribution >= 4 is 23.5 Å². The molecule has 0 bridgehead atoms. The van der Waals surface area contributed by atoms with Crippen LogP contribution in [0.2, 0.25) is 0 Å². The molecule has 0 aliphatic carbocycles. The second-order valence-electron chi connectivity index (χ2n) is 5.03. The molecule has 0 saturated heterocycles. The van der Waals surface area contributed by atoms with E-state index < -0.39 is 0 Å². The maximum Gasteiger partial charge on any atom is 0.263 e. The SMILES string of the molecule is C=C(C)C(=O)N(Sc1c(C)cccc1C)c1ccccc1. The van der Waals surface area contributed by atoms with E-state index in [1.54, 1.807) is 11.2 Å². The van der Waals surface area contributed by atoms with Gasteiger partial charge < -0.3 is 0 Å².